The van der Waals surface area contributed by atoms with Crippen molar-refractivity contribution in [3.05, 3.63) is 0 Å². The molecule has 0 fully saturated rings. The fraction of sp³-hybridized carbons (Fsp3) is 0.846. The van der Waals surface area contributed by atoms with Crippen LogP contribution < -0.4 is 5.32 Å². The number of nitrogens with zero attached hydrogens (tertiary/aromatic N) is 1. The van der Waals surface area contributed by atoms with Crippen molar-refractivity contribution < 1.29 is 14.7 Å². The third-order valence-corrected chi connectivity index (χ3v) is 3.63. The summed E-state index contributed by atoms with van der Waals surface area (Å²) in [5.41, 5.74) is -0.141. The van der Waals surface area contributed by atoms with Gasteiger partial charge >= 0.3 is 12.0 Å². The van der Waals surface area contributed by atoms with E-state index in [2.05, 4.69) is 26.1 Å². The quantitative estimate of drug-likeness (QED) is 0.702. The first-order chi connectivity index (χ1) is 8.40. The van der Waals surface area contributed by atoms with Crippen LogP contribution in [-0.2, 0) is 4.79 Å². The molecule has 0 aliphatic carbocycles. The van der Waals surface area contributed by atoms with E-state index in [9.17, 15) is 9.59 Å². The zero-order valence-electron chi connectivity index (χ0n) is 12.0. The molecular weight excluding hydrogens is 232 g/mol. The number of amides is 2. The maximum Gasteiger partial charge on any atom is 0.317 e. The van der Waals surface area contributed by atoms with Crippen LogP contribution in [0.25, 0.3) is 0 Å². The van der Waals surface area contributed by atoms with E-state index in [1.807, 2.05) is 0 Å². The molecule has 0 aromatic heterocycles. The minimum atomic E-state index is -0.825. The van der Waals surface area contributed by atoms with Crippen LogP contribution in [0, 0.1) is 0 Å². The Balaban J connectivity index is 4.25. The van der Waals surface area contributed by atoms with Gasteiger partial charge in [-0.1, -0.05) is 20.8 Å². The Kier molecular flexibility index (Phi) is 7.39. The van der Waals surface area contributed by atoms with Crippen molar-refractivity contribution >= 4 is 12.0 Å². The van der Waals surface area contributed by atoms with Crippen molar-refractivity contribution in [3.8, 4) is 0 Å². The molecule has 0 aliphatic heterocycles. The summed E-state index contributed by atoms with van der Waals surface area (Å²) in [6, 6.07) is -0.120. The van der Waals surface area contributed by atoms with Crippen LogP contribution in [-0.4, -0.2) is 41.1 Å². The summed E-state index contributed by atoms with van der Waals surface area (Å²) in [6.45, 7) is 6.67. The molecule has 2 N–H and O–H groups in total. The van der Waals surface area contributed by atoms with Crippen LogP contribution in [0.1, 0.15) is 52.9 Å². The maximum atomic E-state index is 12.0. The first kappa shape index (κ1) is 16.7. The molecule has 18 heavy (non-hydrogen) atoms. The van der Waals surface area contributed by atoms with Gasteiger partial charge in [-0.15, -0.1) is 0 Å². The molecule has 0 radical (unpaired) electrons. The smallest absolute Gasteiger partial charge is 0.317 e. The Morgan fingerprint density at radius 3 is 2.06 bits per heavy atom. The number of urea groups is 1. The Morgan fingerprint density at radius 1 is 1.17 bits per heavy atom. The molecule has 5 nitrogen and oxygen atoms in total. The first-order valence-corrected chi connectivity index (χ1v) is 6.65. The van der Waals surface area contributed by atoms with Gasteiger partial charge in [0, 0.05) is 25.6 Å². The highest BCUT2D eigenvalue weighted by atomic mass is 16.4. The Bertz CT molecular complexity index is 267. The van der Waals surface area contributed by atoms with Crippen LogP contribution in [0.3, 0.4) is 0 Å². The summed E-state index contributed by atoms with van der Waals surface area (Å²) >= 11 is 0. The monoisotopic (exact) mass is 258 g/mol. The van der Waals surface area contributed by atoms with Gasteiger partial charge in [-0.2, -0.15) is 0 Å². The largest absolute Gasteiger partial charge is 0.481 e. The lowest BCUT2D eigenvalue weighted by molar-refractivity contribution is -0.137. The van der Waals surface area contributed by atoms with E-state index in [1.165, 1.54) is 0 Å². The average Bonchev–Trinajstić information content (AvgIpc) is 2.35. The maximum absolute atomic E-state index is 12.0. The van der Waals surface area contributed by atoms with Crippen LogP contribution in [0.4, 0.5) is 4.79 Å². The highest BCUT2D eigenvalue weighted by Crippen LogP contribution is 2.19. The van der Waals surface area contributed by atoms with Crippen LogP contribution >= 0.6 is 0 Å². The van der Waals surface area contributed by atoms with E-state index in [-0.39, 0.29) is 18.0 Å². The van der Waals surface area contributed by atoms with Crippen molar-refractivity contribution in [1.82, 2.24) is 10.2 Å². The van der Waals surface area contributed by atoms with Crippen LogP contribution in [0.2, 0.25) is 0 Å². The van der Waals surface area contributed by atoms with Crippen LogP contribution in [0.15, 0.2) is 0 Å². The van der Waals surface area contributed by atoms with Crippen molar-refractivity contribution in [2.75, 3.05) is 13.6 Å². The molecule has 0 aromatic rings. The molecule has 0 heterocycles. The van der Waals surface area contributed by atoms with E-state index in [1.54, 1.807) is 11.9 Å². The Morgan fingerprint density at radius 2 is 1.67 bits per heavy atom. The van der Waals surface area contributed by atoms with E-state index < -0.39 is 5.97 Å². The summed E-state index contributed by atoms with van der Waals surface area (Å²) in [5, 5.41) is 11.6. The number of carboxylic acid groups (broad SMARTS) is 1. The lowest BCUT2D eigenvalue weighted by atomic mass is 9.90. The van der Waals surface area contributed by atoms with Gasteiger partial charge in [0.25, 0.3) is 0 Å². The highest BCUT2D eigenvalue weighted by molar-refractivity contribution is 5.74. The average molecular weight is 258 g/mol. The number of rotatable bonds is 8. The SMILES string of the molecule is CCC(CC)(CC)NC(=O)N(C)CCCC(=O)O. The molecule has 106 valence electrons. The summed E-state index contributed by atoms with van der Waals surface area (Å²) in [6.07, 6.45) is 3.27. The second-order valence-electron chi connectivity index (χ2n) is 4.69. The Labute approximate surface area is 110 Å². The number of carbonyl (C=O) groups excluding carboxylic acids is 1. The van der Waals surface area contributed by atoms with E-state index in [4.69, 9.17) is 5.11 Å². The van der Waals surface area contributed by atoms with Crippen molar-refractivity contribution in [1.29, 1.82) is 0 Å². The summed E-state index contributed by atoms with van der Waals surface area (Å²) in [7, 11) is 1.70. The summed E-state index contributed by atoms with van der Waals surface area (Å²) in [4.78, 5) is 23.9. The molecule has 0 atom stereocenters. The molecule has 0 saturated carbocycles. The highest BCUT2D eigenvalue weighted by Gasteiger charge is 2.26. The van der Waals surface area contributed by atoms with Gasteiger partial charge < -0.3 is 15.3 Å². The molecule has 0 saturated heterocycles. The van der Waals surface area contributed by atoms with Gasteiger partial charge in [-0.05, 0) is 25.7 Å². The van der Waals surface area contributed by atoms with E-state index in [0.717, 1.165) is 19.3 Å². The molecule has 2 amide bonds. The first-order valence-electron chi connectivity index (χ1n) is 6.65. The molecule has 0 aliphatic rings. The van der Waals surface area contributed by atoms with Gasteiger partial charge in [0.05, 0.1) is 0 Å². The number of nitrogens with one attached hydrogen (secondary N) is 1. The predicted octanol–water partition coefficient (Wildman–Crippen LogP) is 2.46. The molecule has 5 heteroatoms. The third-order valence-electron chi connectivity index (χ3n) is 3.63. The molecule has 0 aromatic carbocycles. The zero-order chi connectivity index (χ0) is 14.2. The minimum absolute atomic E-state index is 0.0953. The van der Waals surface area contributed by atoms with Gasteiger partial charge in [-0.25, -0.2) is 4.79 Å². The van der Waals surface area contributed by atoms with E-state index in [0.29, 0.717) is 13.0 Å². The fourth-order valence-corrected chi connectivity index (χ4v) is 1.91. The normalized spacial score (nSPS) is 11.1. The number of hydrogen-bond donors (Lipinski definition) is 2. The number of carboxylic acids is 1. The van der Waals surface area contributed by atoms with Gasteiger partial charge in [0.15, 0.2) is 0 Å². The standard InChI is InChI=1S/C13H26N2O3/c1-5-13(6-2,7-3)14-12(18)15(4)10-8-9-11(16)17/h5-10H2,1-4H3,(H,14,18)(H,16,17). The van der Waals surface area contributed by atoms with Crippen molar-refractivity contribution in [2.24, 2.45) is 0 Å². The second-order valence-corrected chi connectivity index (χ2v) is 4.69. The lowest BCUT2D eigenvalue weighted by Gasteiger charge is -2.33. The van der Waals surface area contributed by atoms with Crippen molar-refractivity contribution in [3.63, 3.8) is 0 Å². The molecule has 0 rings (SSSR count). The molecule has 0 spiro atoms. The minimum Gasteiger partial charge on any atom is -0.481 e. The summed E-state index contributed by atoms with van der Waals surface area (Å²) < 4.78 is 0. The fourth-order valence-electron chi connectivity index (χ4n) is 1.91. The third kappa shape index (κ3) is 5.38. The van der Waals surface area contributed by atoms with Gasteiger partial charge in [-0.3, -0.25) is 4.79 Å². The molecule has 0 bridgehead atoms. The topological polar surface area (TPSA) is 69.6 Å². The predicted molar refractivity (Wildman–Crippen MR) is 71.6 cm³/mol. The number of hydrogen-bond acceptors (Lipinski definition) is 2. The van der Waals surface area contributed by atoms with Crippen molar-refractivity contribution in [2.45, 2.75) is 58.4 Å². The lowest BCUT2D eigenvalue weighted by Crippen LogP contribution is -2.51. The Hall–Kier alpha value is -1.26. The van der Waals surface area contributed by atoms with Gasteiger partial charge in [0.1, 0.15) is 0 Å². The summed E-state index contributed by atoms with van der Waals surface area (Å²) in [5.74, 6) is -0.825. The van der Waals surface area contributed by atoms with E-state index >= 15 is 0 Å². The number of carbonyl (C=O) groups is 2. The molecule has 0 unspecified atom stereocenters. The number of aliphatic carboxylic acids is 1. The molecular formula is C13H26N2O3. The van der Waals surface area contributed by atoms with Crippen LogP contribution in [0.5, 0.6) is 0 Å². The zero-order valence-corrected chi connectivity index (χ0v) is 12.0. The second kappa shape index (κ2) is 7.95. The van der Waals surface area contributed by atoms with Gasteiger partial charge in [0.2, 0.25) is 0 Å².